The number of primary amides is 1. The first-order chi connectivity index (χ1) is 7.56. The van der Waals surface area contributed by atoms with Gasteiger partial charge in [0.25, 0.3) is 0 Å². The molecule has 88 valence electrons. The van der Waals surface area contributed by atoms with E-state index in [1.165, 1.54) is 5.56 Å². The fourth-order valence-corrected chi connectivity index (χ4v) is 1.97. The number of nitrogens with two attached hydrogens (primary N) is 1. The maximum Gasteiger partial charge on any atom is 0.242 e. The minimum Gasteiger partial charge on any atom is -0.368 e. The molecule has 1 unspecified atom stereocenters. The molecule has 0 heterocycles. The number of benzene rings is 1. The Morgan fingerprint density at radius 1 is 1.31 bits per heavy atom. The molecule has 16 heavy (non-hydrogen) atoms. The number of hydrogen-bond acceptors (Lipinski definition) is 2. The molecule has 1 rings (SSSR count). The molecule has 1 atom stereocenters. The second-order valence-corrected chi connectivity index (χ2v) is 4.02. The third-order valence-electron chi connectivity index (χ3n) is 2.97. The van der Waals surface area contributed by atoms with Crippen LogP contribution in [0.5, 0.6) is 0 Å². The van der Waals surface area contributed by atoms with Gasteiger partial charge in [-0.3, -0.25) is 10.1 Å². The number of aryl methyl sites for hydroxylation is 1. The molecule has 0 saturated heterocycles. The highest BCUT2D eigenvalue weighted by Crippen LogP contribution is 2.25. The van der Waals surface area contributed by atoms with E-state index in [1.807, 2.05) is 45.0 Å². The predicted molar refractivity (Wildman–Crippen MR) is 66.0 cm³/mol. The smallest absolute Gasteiger partial charge is 0.242 e. The van der Waals surface area contributed by atoms with E-state index < -0.39 is 5.54 Å². The highest BCUT2D eigenvalue weighted by molar-refractivity contribution is 5.86. The lowest BCUT2D eigenvalue weighted by Gasteiger charge is -2.31. The maximum absolute atomic E-state index is 11.7. The summed E-state index contributed by atoms with van der Waals surface area (Å²) in [6.07, 6.45) is 0.652. The van der Waals surface area contributed by atoms with Gasteiger partial charge in [-0.25, -0.2) is 0 Å². The minimum absolute atomic E-state index is 0.319. The minimum atomic E-state index is -0.734. The summed E-state index contributed by atoms with van der Waals surface area (Å²) in [5, 5.41) is 3.21. The molecule has 0 fully saturated rings. The average molecular weight is 220 g/mol. The van der Waals surface area contributed by atoms with Crippen LogP contribution in [0.4, 0.5) is 0 Å². The maximum atomic E-state index is 11.7. The number of amides is 1. The lowest BCUT2D eigenvalue weighted by Crippen LogP contribution is -2.52. The van der Waals surface area contributed by atoms with Gasteiger partial charge in [-0.15, -0.1) is 0 Å². The zero-order valence-electron chi connectivity index (χ0n) is 10.2. The van der Waals surface area contributed by atoms with E-state index >= 15 is 0 Å². The first kappa shape index (κ1) is 12.7. The monoisotopic (exact) mass is 220 g/mol. The molecule has 1 aromatic rings. The standard InChI is InChI=1S/C13H20N2O/c1-4-13(12(14)16,15-5-2)11-8-6-10(3)7-9-11/h6-9,15H,4-5H2,1-3H3,(H2,14,16). The number of rotatable bonds is 5. The molecule has 3 nitrogen and oxygen atoms in total. The number of carbonyl (C=O) groups excluding carboxylic acids is 1. The Bertz CT molecular complexity index is 359. The van der Waals surface area contributed by atoms with Gasteiger partial charge < -0.3 is 5.73 Å². The van der Waals surface area contributed by atoms with Crippen LogP contribution in [0.3, 0.4) is 0 Å². The van der Waals surface area contributed by atoms with Gasteiger partial charge >= 0.3 is 0 Å². The van der Waals surface area contributed by atoms with Crippen LogP contribution in [0.25, 0.3) is 0 Å². The van der Waals surface area contributed by atoms with Crippen LogP contribution in [0.2, 0.25) is 0 Å². The van der Waals surface area contributed by atoms with Crippen molar-refractivity contribution >= 4 is 5.91 Å². The number of hydrogen-bond donors (Lipinski definition) is 2. The molecular formula is C13H20N2O. The summed E-state index contributed by atoms with van der Waals surface area (Å²) in [6, 6.07) is 7.93. The van der Waals surface area contributed by atoms with Crippen molar-refractivity contribution in [1.29, 1.82) is 0 Å². The van der Waals surface area contributed by atoms with E-state index in [-0.39, 0.29) is 5.91 Å². The molecule has 3 N–H and O–H groups in total. The van der Waals surface area contributed by atoms with E-state index in [9.17, 15) is 4.79 Å². The van der Waals surface area contributed by atoms with Gasteiger partial charge in [-0.05, 0) is 25.5 Å². The zero-order valence-corrected chi connectivity index (χ0v) is 10.2. The molecule has 3 heteroatoms. The van der Waals surface area contributed by atoms with Gasteiger partial charge in [0.2, 0.25) is 5.91 Å². The fraction of sp³-hybridized carbons (Fsp3) is 0.462. The second-order valence-electron chi connectivity index (χ2n) is 4.02. The highest BCUT2D eigenvalue weighted by Gasteiger charge is 2.35. The lowest BCUT2D eigenvalue weighted by molar-refractivity contribution is -0.125. The van der Waals surface area contributed by atoms with Crippen LogP contribution in [0.1, 0.15) is 31.4 Å². The molecule has 0 aliphatic heterocycles. The Morgan fingerprint density at radius 3 is 2.25 bits per heavy atom. The van der Waals surface area contributed by atoms with Crippen molar-refractivity contribution in [3.8, 4) is 0 Å². The Kier molecular flexibility index (Phi) is 4.07. The van der Waals surface area contributed by atoms with Gasteiger partial charge in [0.15, 0.2) is 0 Å². The summed E-state index contributed by atoms with van der Waals surface area (Å²) in [4.78, 5) is 11.7. The molecule has 1 amide bonds. The summed E-state index contributed by atoms with van der Waals surface area (Å²) < 4.78 is 0. The van der Waals surface area contributed by atoms with Crippen molar-refractivity contribution in [3.63, 3.8) is 0 Å². The van der Waals surface area contributed by atoms with Gasteiger partial charge in [-0.1, -0.05) is 43.7 Å². The molecule has 0 aromatic heterocycles. The Morgan fingerprint density at radius 2 is 1.88 bits per heavy atom. The predicted octanol–water partition coefficient (Wildman–Crippen LogP) is 1.70. The first-order valence-electron chi connectivity index (χ1n) is 5.69. The van der Waals surface area contributed by atoms with Gasteiger partial charge in [0.05, 0.1) is 0 Å². The van der Waals surface area contributed by atoms with Crippen molar-refractivity contribution in [2.45, 2.75) is 32.7 Å². The van der Waals surface area contributed by atoms with Crippen LogP contribution in [-0.4, -0.2) is 12.5 Å². The topological polar surface area (TPSA) is 55.1 Å². The Hall–Kier alpha value is -1.35. The molecule has 0 aliphatic rings. The van der Waals surface area contributed by atoms with E-state index in [1.54, 1.807) is 0 Å². The van der Waals surface area contributed by atoms with Gasteiger partial charge in [0.1, 0.15) is 5.54 Å². The van der Waals surface area contributed by atoms with Crippen LogP contribution in [0, 0.1) is 6.92 Å². The van der Waals surface area contributed by atoms with Crippen molar-refractivity contribution in [2.75, 3.05) is 6.54 Å². The Balaban J connectivity index is 3.18. The summed E-state index contributed by atoms with van der Waals surface area (Å²) >= 11 is 0. The van der Waals surface area contributed by atoms with Crippen molar-refractivity contribution < 1.29 is 4.79 Å². The molecule has 0 saturated carbocycles. The third-order valence-corrected chi connectivity index (χ3v) is 2.97. The van der Waals surface area contributed by atoms with Crippen molar-refractivity contribution in [3.05, 3.63) is 35.4 Å². The van der Waals surface area contributed by atoms with Crippen molar-refractivity contribution in [2.24, 2.45) is 5.73 Å². The summed E-state index contributed by atoms with van der Waals surface area (Å²) in [6.45, 7) is 6.67. The lowest BCUT2D eigenvalue weighted by atomic mass is 9.86. The average Bonchev–Trinajstić information content (AvgIpc) is 2.27. The van der Waals surface area contributed by atoms with Gasteiger partial charge in [0, 0.05) is 0 Å². The number of nitrogens with one attached hydrogen (secondary N) is 1. The van der Waals surface area contributed by atoms with E-state index in [2.05, 4.69) is 5.32 Å². The number of likely N-dealkylation sites (N-methyl/N-ethyl adjacent to an activating group) is 1. The molecule has 0 bridgehead atoms. The molecule has 1 aromatic carbocycles. The largest absolute Gasteiger partial charge is 0.368 e. The molecular weight excluding hydrogens is 200 g/mol. The molecule has 0 spiro atoms. The summed E-state index contributed by atoms with van der Waals surface area (Å²) in [5.41, 5.74) is 6.92. The summed E-state index contributed by atoms with van der Waals surface area (Å²) in [5.74, 6) is -0.319. The van der Waals surface area contributed by atoms with Crippen LogP contribution in [0.15, 0.2) is 24.3 Å². The quantitative estimate of drug-likeness (QED) is 0.793. The normalized spacial score (nSPS) is 14.4. The highest BCUT2D eigenvalue weighted by atomic mass is 16.1. The van der Waals surface area contributed by atoms with Gasteiger partial charge in [-0.2, -0.15) is 0 Å². The third kappa shape index (κ3) is 2.25. The zero-order chi connectivity index (χ0) is 12.2. The fourth-order valence-electron chi connectivity index (χ4n) is 1.97. The SMILES string of the molecule is CCNC(CC)(C(N)=O)c1ccc(C)cc1. The van der Waals surface area contributed by atoms with Crippen molar-refractivity contribution in [1.82, 2.24) is 5.32 Å². The van der Waals surface area contributed by atoms with Crippen LogP contribution >= 0.6 is 0 Å². The second kappa shape index (κ2) is 5.12. The van der Waals surface area contributed by atoms with E-state index in [0.717, 1.165) is 5.56 Å². The van der Waals surface area contributed by atoms with Crippen LogP contribution < -0.4 is 11.1 Å². The van der Waals surface area contributed by atoms with Crippen LogP contribution in [-0.2, 0) is 10.3 Å². The molecule has 0 radical (unpaired) electrons. The van der Waals surface area contributed by atoms with E-state index in [0.29, 0.717) is 13.0 Å². The Labute approximate surface area is 97.0 Å². The van der Waals surface area contributed by atoms with E-state index in [4.69, 9.17) is 5.73 Å². The number of carbonyl (C=O) groups is 1. The molecule has 0 aliphatic carbocycles. The summed E-state index contributed by atoms with van der Waals surface area (Å²) in [7, 11) is 0. The first-order valence-corrected chi connectivity index (χ1v) is 5.69.